The highest BCUT2D eigenvalue weighted by molar-refractivity contribution is 9.09. The number of benzene rings is 2. The van der Waals surface area contributed by atoms with Gasteiger partial charge in [0.05, 0.1) is 4.83 Å². The van der Waals surface area contributed by atoms with Crippen molar-refractivity contribution in [1.29, 1.82) is 0 Å². The molecule has 2 aromatic rings. The van der Waals surface area contributed by atoms with Crippen LogP contribution in [0.15, 0.2) is 36.4 Å². The van der Waals surface area contributed by atoms with E-state index in [4.69, 9.17) is 9.47 Å². The van der Waals surface area contributed by atoms with E-state index in [0.717, 1.165) is 11.6 Å². The van der Waals surface area contributed by atoms with E-state index >= 15 is 0 Å². The summed E-state index contributed by atoms with van der Waals surface area (Å²) < 4.78 is 37.7. The minimum absolute atomic E-state index is 0.376. The summed E-state index contributed by atoms with van der Waals surface area (Å²) in [6, 6.07) is 8.97. The molecule has 1 heterocycles. The second-order valence-electron chi connectivity index (χ2n) is 4.43. The molecular formula is C15H11BrF2O2. The first kappa shape index (κ1) is 13.4. The van der Waals surface area contributed by atoms with Crippen LogP contribution in [0.5, 0.6) is 11.5 Å². The van der Waals surface area contributed by atoms with Crippen LogP contribution < -0.4 is 9.47 Å². The lowest BCUT2D eigenvalue weighted by atomic mass is 10.0. The first-order chi connectivity index (χ1) is 9.65. The summed E-state index contributed by atoms with van der Waals surface area (Å²) in [4.78, 5) is -0.376. The van der Waals surface area contributed by atoms with E-state index in [9.17, 15) is 8.78 Å². The summed E-state index contributed by atoms with van der Waals surface area (Å²) in [6.45, 7) is 1.02. The summed E-state index contributed by atoms with van der Waals surface area (Å²) in [5, 5.41) is 0. The van der Waals surface area contributed by atoms with Crippen molar-refractivity contribution in [1.82, 2.24) is 0 Å². The molecule has 0 amide bonds. The Hall–Kier alpha value is -1.62. The Labute approximate surface area is 123 Å². The topological polar surface area (TPSA) is 18.5 Å². The number of hydrogen-bond donors (Lipinski definition) is 0. The molecule has 2 aromatic carbocycles. The van der Waals surface area contributed by atoms with Gasteiger partial charge in [-0.25, -0.2) is 8.78 Å². The van der Waals surface area contributed by atoms with E-state index in [-0.39, 0.29) is 4.83 Å². The van der Waals surface area contributed by atoms with Crippen molar-refractivity contribution in [2.75, 3.05) is 13.2 Å². The highest BCUT2D eigenvalue weighted by Crippen LogP contribution is 2.38. The molecule has 1 atom stereocenters. The predicted molar refractivity (Wildman–Crippen MR) is 74.6 cm³/mol. The van der Waals surface area contributed by atoms with Crippen LogP contribution in [0.1, 0.15) is 16.0 Å². The Morgan fingerprint density at radius 1 is 0.950 bits per heavy atom. The molecule has 0 N–H and O–H groups in total. The van der Waals surface area contributed by atoms with Crippen molar-refractivity contribution in [3.8, 4) is 11.5 Å². The van der Waals surface area contributed by atoms with Gasteiger partial charge < -0.3 is 9.47 Å². The monoisotopic (exact) mass is 340 g/mol. The van der Waals surface area contributed by atoms with Crippen LogP contribution in [-0.4, -0.2) is 13.2 Å². The van der Waals surface area contributed by atoms with Gasteiger partial charge in [0.15, 0.2) is 11.5 Å². The van der Waals surface area contributed by atoms with Gasteiger partial charge in [-0.1, -0.05) is 28.1 Å². The second kappa shape index (κ2) is 5.40. The molecule has 0 spiro atoms. The maximum atomic E-state index is 13.8. The molecule has 5 heteroatoms. The third-order valence-electron chi connectivity index (χ3n) is 3.09. The van der Waals surface area contributed by atoms with Crippen molar-refractivity contribution >= 4 is 15.9 Å². The fourth-order valence-electron chi connectivity index (χ4n) is 2.10. The Balaban J connectivity index is 1.95. The third-order valence-corrected chi connectivity index (χ3v) is 4.12. The fraction of sp³-hybridized carbons (Fsp3) is 0.200. The van der Waals surface area contributed by atoms with Crippen molar-refractivity contribution in [2.24, 2.45) is 0 Å². The van der Waals surface area contributed by atoms with Crippen molar-refractivity contribution in [2.45, 2.75) is 4.83 Å². The zero-order valence-corrected chi connectivity index (χ0v) is 12.0. The highest BCUT2D eigenvalue weighted by Gasteiger charge is 2.19. The van der Waals surface area contributed by atoms with E-state index in [1.54, 1.807) is 12.1 Å². The van der Waals surface area contributed by atoms with E-state index in [2.05, 4.69) is 15.9 Å². The summed E-state index contributed by atoms with van der Waals surface area (Å²) in [7, 11) is 0. The zero-order valence-electron chi connectivity index (χ0n) is 10.4. The number of hydrogen-bond acceptors (Lipinski definition) is 2. The number of fused-ring (bicyclic) bond motifs is 1. The van der Waals surface area contributed by atoms with Crippen LogP contribution in [0.4, 0.5) is 8.78 Å². The van der Waals surface area contributed by atoms with Crippen molar-refractivity contribution in [3.05, 3.63) is 59.2 Å². The first-order valence-corrected chi connectivity index (χ1v) is 7.05. The molecular weight excluding hydrogens is 330 g/mol. The standard InChI is InChI=1S/C15H11BrF2O2/c16-15(11-3-2-10(17)8-12(11)18)9-1-4-13-14(7-9)20-6-5-19-13/h1-4,7-8,15H,5-6H2. The van der Waals surface area contributed by atoms with E-state index in [1.165, 1.54) is 12.1 Å². The van der Waals surface area contributed by atoms with Gasteiger partial charge in [0, 0.05) is 11.6 Å². The molecule has 3 rings (SSSR count). The molecule has 20 heavy (non-hydrogen) atoms. The van der Waals surface area contributed by atoms with Gasteiger partial charge in [-0.15, -0.1) is 0 Å². The molecule has 0 saturated heterocycles. The molecule has 104 valence electrons. The Morgan fingerprint density at radius 3 is 2.45 bits per heavy atom. The number of halogens is 3. The van der Waals surface area contributed by atoms with Crippen LogP contribution in [0.3, 0.4) is 0 Å². The van der Waals surface area contributed by atoms with Gasteiger partial charge in [0.1, 0.15) is 24.8 Å². The van der Waals surface area contributed by atoms with Crippen LogP contribution in [0, 0.1) is 11.6 Å². The first-order valence-electron chi connectivity index (χ1n) is 6.14. The molecule has 1 unspecified atom stereocenters. The zero-order chi connectivity index (χ0) is 14.1. The Bertz CT molecular complexity index is 646. The predicted octanol–water partition coefficient (Wildman–Crippen LogP) is 4.22. The minimum Gasteiger partial charge on any atom is -0.486 e. The van der Waals surface area contributed by atoms with E-state index in [0.29, 0.717) is 30.3 Å². The molecule has 0 aromatic heterocycles. The summed E-state index contributed by atoms with van der Waals surface area (Å²) in [6.07, 6.45) is 0. The number of alkyl halides is 1. The largest absolute Gasteiger partial charge is 0.486 e. The quantitative estimate of drug-likeness (QED) is 0.762. The van der Waals surface area contributed by atoms with Crippen LogP contribution in [0.2, 0.25) is 0 Å². The average Bonchev–Trinajstić information content (AvgIpc) is 2.46. The summed E-state index contributed by atoms with van der Waals surface area (Å²) in [5.74, 6) is 0.148. The lowest BCUT2D eigenvalue weighted by Gasteiger charge is -2.20. The van der Waals surface area contributed by atoms with Crippen molar-refractivity contribution < 1.29 is 18.3 Å². The molecule has 0 bridgehead atoms. The van der Waals surface area contributed by atoms with Gasteiger partial charge in [-0.2, -0.15) is 0 Å². The maximum absolute atomic E-state index is 13.8. The van der Waals surface area contributed by atoms with Gasteiger partial charge >= 0.3 is 0 Å². The lowest BCUT2D eigenvalue weighted by molar-refractivity contribution is 0.171. The van der Waals surface area contributed by atoms with Crippen molar-refractivity contribution in [3.63, 3.8) is 0 Å². The number of rotatable bonds is 2. The molecule has 0 radical (unpaired) electrons. The van der Waals surface area contributed by atoms with Gasteiger partial charge in [0.2, 0.25) is 0 Å². The normalized spacial score (nSPS) is 14.9. The van der Waals surface area contributed by atoms with Crippen LogP contribution >= 0.6 is 15.9 Å². The smallest absolute Gasteiger partial charge is 0.161 e. The van der Waals surface area contributed by atoms with Gasteiger partial charge in [0.25, 0.3) is 0 Å². The summed E-state index contributed by atoms with van der Waals surface area (Å²) in [5.41, 5.74) is 1.20. The molecule has 0 saturated carbocycles. The minimum atomic E-state index is -0.590. The highest BCUT2D eigenvalue weighted by atomic mass is 79.9. The maximum Gasteiger partial charge on any atom is 0.161 e. The summed E-state index contributed by atoms with van der Waals surface area (Å²) >= 11 is 3.44. The number of ether oxygens (including phenoxy) is 2. The fourth-order valence-corrected chi connectivity index (χ4v) is 2.76. The van der Waals surface area contributed by atoms with E-state index in [1.807, 2.05) is 6.07 Å². The van der Waals surface area contributed by atoms with Crippen LogP contribution in [0.25, 0.3) is 0 Å². The average molecular weight is 341 g/mol. The van der Waals surface area contributed by atoms with Gasteiger partial charge in [-0.05, 0) is 23.8 Å². The Morgan fingerprint density at radius 2 is 1.70 bits per heavy atom. The van der Waals surface area contributed by atoms with E-state index < -0.39 is 11.6 Å². The molecule has 2 nitrogen and oxygen atoms in total. The molecule has 0 aliphatic carbocycles. The molecule has 0 fully saturated rings. The molecule has 1 aliphatic rings. The second-order valence-corrected chi connectivity index (χ2v) is 5.35. The molecule has 1 aliphatic heterocycles. The van der Waals surface area contributed by atoms with Crippen LogP contribution in [-0.2, 0) is 0 Å². The SMILES string of the molecule is Fc1ccc(C(Br)c2ccc3c(c2)OCCO3)c(F)c1. The Kier molecular flexibility index (Phi) is 3.61. The third kappa shape index (κ3) is 2.50. The van der Waals surface area contributed by atoms with Gasteiger partial charge in [-0.3, -0.25) is 0 Å². The lowest BCUT2D eigenvalue weighted by Crippen LogP contribution is -2.15.